The van der Waals surface area contributed by atoms with Gasteiger partial charge in [-0.05, 0) is 42.1 Å². The number of aryl methyl sites for hydroxylation is 1. The summed E-state index contributed by atoms with van der Waals surface area (Å²) in [5.74, 6) is 1.91. The Morgan fingerprint density at radius 2 is 1.82 bits per heavy atom. The lowest BCUT2D eigenvalue weighted by Crippen LogP contribution is -2.23. The number of ether oxygens (including phenoxy) is 3. The van der Waals surface area contributed by atoms with Crippen LogP contribution in [0, 0.1) is 6.92 Å². The van der Waals surface area contributed by atoms with Crippen LogP contribution in [-0.2, 0) is 0 Å². The van der Waals surface area contributed by atoms with Crippen LogP contribution in [0.5, 0.6) is 17.2 Å². The smallest absolute Gasteiger partial charge is 0.291 e. The van der Waals surface area contributed by atoms with Crippen molar-refractivity contribution in [1.82, 2.24) is 14.6 Å². The fourth-order valence-corrected chi connectivity index (χ4v) is 4.64. The molecule has 4 rings (SSSR count). The average Bonchev–Trinajstić information content (AvgIpc) is 3.38. The molecule has 0 unspecified atom stereocenters. The Kier molecular flexibility index (Phi) is 4.78. The third kappa shape index (κ3) is 3.02. The molecule has 3 heterocycles. The molecule has 0 bridgehead atoms. The second kappa shape index (κ2) is 7.25. The van der Waals surface area contributed by atoms with Crippen LogP contribution in [0.1, 0.15) is 10.4 Å². The minimum atomic E-state index is -0.181. The predicted octanol–water partition coefficient (Wildman–Crippen LogP) is 2.76. The highest BCUT2D eigenvalue weighted by Crippen LogP contribution is 2.40. The van der Waals surface area contributed by atoms with E-state index < -0.39 is 0 Å². The standard InChI is InChI=1S/C19H17N3O4S2/c1-10-5-6-27-14(10)9-15-18(23)22-19(28-15)20-17(21-22)11-7-12(24-2)16(26-4)13(8-11)25-3/h5-9H,1-4H3. The molecule has 0 radical (unpaired) electrons. The molecule has 28 heavy (non-hydrogen) atoms. The monoisotopic (exact) mass is 415 g/mol. The van der Waals surface area contributed by atoms with Crippen LogP contribution in [0.4, 0.5) is 0 Å². The van der Waals surface area contributed by atoms with Gasteiger partial charge in [-0.25, -0.2) is 0 Å². The molecular formula is C19H17N3O4S2. The number of thiazole rings is 1. The lowest BCUT2D eigenvalue weighted by molar-refractivity contribution is 0.324. The van der Waals surface area contributed by atoms with Crippen molar-refractivity contribution in [2.24, 2.45) is 0 Å². The molecule has 4 aromatic rings. The zero-order chi connectivity index (χ0) is 19.8. The van der Waals surface area contributed by atoms with E-state index in [1.807, 2.05) is 24.4 Å². The second-order valence-electron chi connectivity index (χ2n) is 5.93. The van der Waals surface area contributed by atoms with Gasteiger partial charge >= 0.3 is 0 Å². The van der Waals surface area contributed by atoms with Crippen molar-refractivity contribution in [3.05, 3.63) is 48.9 Å². The van der Waals surface area contributed by atoms with Gasteiger partial charge in [-0.1, -0.05) is 11.3 Å². The summed E-state index contributed by atoms with van der Waals surface area (Å²) in [6, 6.07) is 5.54. The van der Waals surface area contributed by atoms with E-state index in [9.17, 15) is 4.79 Å². The molecule has 1 aromatic carbocycles. The van der Waals surface area contributed by atoms with Crippen LogP contribution >= 0.6 is 22.7 Å². The quantitative estimate of drug-likeness (QED) is 0.499. The summed E-state index contributed by atoms with van der Waals surface area (Å²) in [5.41, 5.74) is 1.63. The van der Waals surface area contributed by atoms with Crippen LogP contribution in [0.25, 0.3) is 22.4 Å². The number of nitrogens with zero attached hydrogens (tertiary/aromatic N) is 3. The van der Waals surface area contributed by atoms with Crippen LogP contribution in [0.2, 0.25) is 0 Å². The highest BCUT2D eigenvalue weighted by Gasteiger charge is 2.18. The van der Waals surface area contributed by atoms with E-state index in [2.05, 4.69) is 10.1 Å². The van der Waals surface area contributed by atoms with E-state index in [1.54, 1.807) is 44.8 Å². The summed E-state index contributed by atoms with van der Waals surface area (Å²) < 4.78 is 18.0. The topological polar surface area (TPSA) is 75.0 Å². The van der Waals surface area contributed by atoms with E-state index in [0.29, 0.717) is 38.1 Å². The SMILES string of the molecule is COc1cc(-c2nc3sc(=Cc4sccc4C)c(=O)n3n2)cc(OC)c1OC. The lowest BCUT2D eigenvalue weighted by Gasteiger charge is -2.12. The first kappa shape index (κ1) is 18.5. The fraction of sp³-hybridized carbons (Fsp3) is 0.211. The normalized spacial score (nSPS) is 11.9. The molecule has 0 aliphatic carbocycles. The summed E-state index contributed by atoms with van der Waals surface area (Å²) in [7, 11) is 4.64. The molecule has 0 saturated carbocycles. The summed E-state index contributed by atoms with van der Waals surface area (Å²) in [4.78, 5) is 18.9. The Morgan fingerprint density at radius 3 is 2.36 bits per heavy atom. The first-order valence-electron chi connectivity index (χ1n) is 8.31. The fourth-order valence-electron chi connectivity index (χ4n) is 2.82. The maximum atomic E-state index is 12.7. The number of hydrogen-bond donors (Lipinski definition) is 0. The molecule has 7 nitrogen and oxygen atoms in total. The first-order valence-corrected chi connectivity index (χ1v) is 10.0. The number of methoxy groups -OCH3 is 3. The molecule has 0 N–H and O–H groups in total. The summed E-state index contributed by atoms with van der Waals surface area (Å²) >= 11 is 2.91. The Morgan fingerprint density at radius 1 is 1.11 bits per heavy atom. The summed E-state index contributed by atoms with van der Waals surface area (Å²) in [5, 5.41) is 6.40. The molecule has 0 amide bonds. The van der Waals surface area contributed by atoms with Crippen molar-refractivity contribution in [3.63, 3.8) is 0 Å². The van der Waals surface area contributed by atoms with Gasteiger partial charge in [-0.3, -0.25) is 4.79 Å². The highest BCUT2D eigenvalue weighted by molar-refractivity contribution is 7.15. The van der Waals surface area contributed by atoms with E-state index in [4.69, 9.17) is 14.2 Å². The summed E-state index contributed by atoms with van der Waals surface area (Å²) in [6.07, 6.45) is 1.89. The number of hydrogen-bond acceptors (Lipinski definition) is 8. The van der Waals surface area contributed by atoms with Crippen LogP contribution in [0.3, 0.4) is 0 Å². The molecule has 0 aliphatic rings. The van der Waals surface area contributed by atoms with E-state index in [-0.39, 0.29) is 5.56 Å². The number of aromatic nitrogens is 3. The van der Waals surface area contributed by atoms with Gasteiger partial charge in [0.15, 0.2) is 17.3 Å². The van der Waals surface area contributed by atoms with Crippen molar-refractivity contribution in [2.75, 3.05) is 21.3 Å². The maximum absolute atomic E-state index is 12.7. The molecule has 144 valence electrons. The van der Waals surface area contributed by atoms with Crippen molar-refractivity contribution in [3.8, 4) is 28.6 Å². The lowest BCUT2D eigenvalue weighted by atomic mass is 10.1. The molecule has 0 spiro atoms. The average molecular weight is 415 g/mol. The van der Waals surface area contributed by atoms with Crippen molar-refractivity contribution in [2.45, 2.75) is 6.92 Å². The van der Waals surface area contributed by atoms with Crippen LogP contribution in [-0.4, -0.2) is 35.9 Å². The highest BCUT2D eigenvalue weighted by atomic mass is 32.1. The Labute approximate surface area is 168 Å². The van der Waals surface area contributed by atoms with Crippen molar-refractivity contribution < 1.29 is 14.2 Å². The van der Waals surface area contributed by atoms with Gasteiger partial charge in [0.2, 0.25) is 10.7 Å². The number of fused-ring (bicyclic) bond motifs is 1. The first-order chi connectivity index (χ1) is 13.5. The van der Waals surface area contributed by atoms with Crippen molar-refractivity contribution >= 4 is 33.7 Å². The molecule has 0 aliphatic heterocycles. The van der Waals surface area contributed by atoms with Crippen LogP contribution < -0.4 is 24.3 Å². The number of thiophene rings is 1. The minimum Gasteiger partial charge on any atom is -0.493 e. The van der Waals surface area contributed by atoms with E-state index >= 15 is 0 Å². The van der Waals surface area contributed by atoms with Gasteiger partial charge < -0.3 is 14.2 Å². The predicted molar refractivity (Wildman–Crippen MR) is 110 cm³/mol. The number of rotatable bonds is 5. The molecule has 3 aromatic heterocycles. The van der Waals surface area contributed by atoms with E-state index in [1.165, 1.54) is 15.9 Å². The van der Waals surface area contributed by atoms with Crippen LogP contribution in [0.15, 0.2) is 28.4 Å². The number of benzene rings is 1. The van der Waals surface area contributed by atoms with Gasteiger partial charge in [0.1, 0.15) is 0 Å². The molecular weight excluding hydrogens is 398 g/mol. The third-order valence-electron chi connectivity index (χ3n) is 4.27. The van der Waals surface area contributed by atoms with E-state index in [0.717, 1.165) is 10.4 Å². The largest absolute Gasteiger partial charge is 0.493 e. The summed E-state index contributed by atoms with van der Waals surface area (Å²) in [6.45, 7) is 2.02. The van der Waals surface area contributed by atoms with Gasteiger partial charge in [-0.2, -0.15) is 9.50 Å². The van der Waals surface area contributed by atoms with Gasteiger partial charge in [0.05, 0.1) is 25.9 Å². The van der Waals surface area contributed by atoms with Crippen molar-refractivity contribution in [1.29, 1.82) is 0 Å². The minimum absolute atomic E-state index is 0.181. The molecule has 0 fully saturated rings. The third-order valence-corrected chi connectivity index (χ3v) is 6.19. The van der Waals surface area contributed by atoms with Gasteiger partial charge in [0, 0.05) is 10.4 Å². The second-order valence-corrected chi connectivity index (χ2v) is 7.88. The Balaban J connectivity index is 1.83. The van der Waals surface area contributed by atoms with Gasteiger partial charge in [0.25, 0.3) is 5.56 Å². The maximum Gasteiger partial charge on any atom is 0.291 e. The molecule has 0 atom stereocenters. The van der Waals surface area contributed by atoms with Gasteiger partial charge in [-0.15, -0.1) is 16.4 Å². The zero-order valence-electron chi connectivity index (χ0n) is 15.7. The zero-order valence-corrected chi connectivity index (χ0v) is 17.3. The molecule has 0 saturated heterocycles. The Hall–Kier alpha value is -2.91. The molecule has 9 heteroatoms. The Bertz CT molecular complexity index is 1250.